The number of likely N-dealkylation sites (tertiary alicyclic amines) is 1. The van der Waals surface area contributed by atoms with E-state index >= 15 is 0 Å². The number of amides is 1. The van der Waals surface area contributed by atoms with E-state index in [-0.39, 0.29) is 0 Å². The van der Waals surface area contributed by atoms with Gasteiger partial charge >= 0.3 is 12.1 Å². The number of fused-ring (bicyclic) bond motifs is 1. The van der Waals surface area contributed by atoms with Gasteiger partial charge in [-0.25, -0.2) is 9.78 Å². The van der Waals surface area contributed by atoms with Crippen LogP contribution in [0.25, 0.3) is 0 Å². The van der Waals surface area contributed by atoms with Crippen molar-refractivity contribution in [3.05, 3.63) is 17.5 Å². The molecule has 0 aromatic carbocycles. The zero-order chi connectivity index (χ0) is 14.8. The highest BCUT2D eigenvalue weighted by Crippen LogP contribution is 2.20. The summed E-state index contributed by atoms with van der Waals surface area (Å²) < 4.78 is 5.69. The first-order chi connectivity index (χ1) is 10.1. The predicted octanol–water partition coefficient (Wildman–Crippen LogP) is 0.986. The van der Waals surface area contributed by atoms with E-state index in [2.05, 4.69) is 21.9 Å². The lowest BCUT2D eigenvalue weighted by molar-refractivity contribution is 0.138. The molecule has 1 aromatic heterocycles. The molecule has 2 aliphatic rings. The van der Waals surface area contributed by atoms with Gasteiger partial charge < -0.3 is 19.6 Å². The third-order valence-corrected chi connectivity index (χ3v) is 4.27. The van der Waals surface area contributed by atoms with Crippen molar-refractivity contribution in [2.24, 2.45) is 0 Å². The molecule has 0 aliphatic carbocycles. The topological polar surface area (TPSA) is 78.8 Å². The van der Waals surface area contributed by atoms with Crippen molar-refractivity contribution in [2.45, 2.75) is 31.8 Å². The van der Waals surface area contributed by atoms with Crippen molar-refractivity contribution < 1.29 is 14.6 Å². The van der Waals surface area contributed by atoms with Gasteiger partial charge in [0, 0.05) is 18.8 Å². The van der Waals surface area contributed by atoms with E-state index in [1.807, 2.05) is 0 Å². The molecule has 3 heterocycles. The van der Waals surface area contributed by atoms with Crippen LogP contribution in [0.1, 0.15) is 24.1 Å². The summed E-state index contributed by atoms with van der Waals surface area (Å²) in [6.45, 7) is 2.50. The summed E-state index contributed by atoms with van der Waals surface area (Å²) in [5.41, 5.74) is 1.77. The Morgan fingerprint density at radius 2 is 2.38 bits per heavy atom. The van der Waals surface area contributed by atoms with Crippen LogP contribution in [0, 0.1) is 0 Å². The fourth-order valence-corrected chi connectivity index (χ4v) is 2.88. The van der Waals surface area contributed by atoms with Crippen LogP contribution < -0.4 is 4.74 Å². The Labute approximate surface area is 123 Å². The standard InChI is InChI=1S/C14H20N4O3/c1-17-5-2-3-11(17)9-21-13-15-7-10-4-6-18(14(19)20)8-12(10)16-13/h7,11H,2-6,8-9H2,1H3,(H,19,20)/t11-/m0/s1. The van der Waals surface area contributed by atoms with Gasteiger partial charge in [0.15, 0.2) is 0 Å². The minimum atomic E-state index is -0.908. The van der Waals surface area contributed by atoms with Crippen LogP contribution in [0.4, 0.5) is 4.79 Å². The van der Waals surface area contributed by atoms with Gasteiger partial charge in [0.05, 0.1) is 12.2 Å². The maximum Gasteiger partial charge on any atom is 0.407 e. The van der Waals surface area contributed by atoms with E-state index in [4.69, 9.17) is 9.84 Å². The molecule has 1 amide bonds. The molecule has 21 heavy (non-hydrogen) atoms. The van der Waals surface area contributed by atoms with E-state index in [9.17, 15) is 4.79 Å². The monoisotopic (exact) mass is 292 g/mol. The maximum atomic E-state index is 11.0. The number of aromatic nitrogens is 2. The quantitative estimate of drug-likeness (QED) is 0.895. The molecule has 1 saturated heterocycles. The summed E-state index contributed by atoms with van der Waals surface area (Å²) in [5.74, 6) is 0. The summed E-state index contributed by atoms with van der Waals surface area (Å²) in [4.78, 5) is 23.3. The predicted molar refractivity (Wildman–Crippen MR) is 75.3 cm³/mol. The third kappa shape index (κ3) is 3.07. The first-order valence-corrected chi connectivity index (χ1v) is 7.29. The first-order valence-electron chi connectivity index (χ1n) is 7.29. The third-order valence-electron chi connectivity index (χ3n) is 4.27. The van der Waals surface area contributed by atoms with Crippen molar-refractivity contribution in [3.63, 3.8) is 0 Å². The van der Waals surface area contributed by atoms with E-state index in [0.717, 1.165) is 24.2 Å². The van der Waals surface area contributed by atoms with Crippen LogP contribution in [0.15, 0.2) is 6.20 Å². The van der Waals surface area contributed by atoms with Crippen molar-refractivity contribution in [1.29, 1.82) is 0 Å². The van der Waals surface area contributed by atoms with E-state index in [1.165, 1.54) is 11.3 Å². The van der Waals surface area contributed by atoms with E-state index in [1.54, 1.807) is 6.20 Å². The molecule has 3 rings (SSSR count). The Bertz CT molecular complexity index is 537. The van der Waals surface area contributed by atoms with Crippen LogP contribution in [0.3, 0.4) is 0 Å². The van der Waals surface area contributed by atoms with Crippen molar-refractivity contribution >= 4 is 6.09 Å². The summed E-state index contributed by atoms with van der Waals surface area (Å²) in [6.07, 6.45) is 3.84. The molecule has 1 fully saturated rings. The SMILES string of the molecule is CN1CCC[C@H]1COc1ncc2c(n1)CN(C(=O)O)CC2. The molecule has 0 bridgehead atoms. The molecule has 7 nitrogen and oxygen atoms in total. The Balaban J connectivity index is 1.65. The van der Waals surface area contributed by atoms with Gasteiger partial charge in [-0.05, 0) is 38.4 Å². The smallest absolute Gasteiger partial charge is 0.407 e. The second kappa shape index (κ2) is 5.85. The second-order valence-electron chi connectivity index (χ2n) is 5.67. The van der Waals surface area contributed by atoms with E-state index in [0.29, 0.717) is 38.2 Å². The summed E-state index contributed by atoms with van der Waals surface area (Å²) >= 11 is 0. The van der Waals surface area contributed by atoms with Crippen LogP contribution in [0.5, 0.6) is 6.01 Å². The molecule has 1 N–H and O–H groups in total. The zero-order valence-corrected chi connectivity index (χ0v) is 12.2. The molecule has 0 spiro atoms. The van der Waals surface area contributed by atoms with Gasteiger partial charge in [-0.2, -0.15) is 4.98 Å². The number of nitrogens with zero attached hydrogens (tertiary/aromatic N) is 4. The molecule has 0 saturated carbocycles. The Morgan fingerprint density at radius 1 is 1.52 bits per heavy atom. The summed E-state index contributed by atoms with van der Waals surface area (Å²) in [5, 5.41) is 9.05. The molecule has 114 valence electrons. The number of hydrogen-bond acceptors (Lipinski definition) is 5. The molecular weight excluding hydrogens is 272 g/mol. The number of likely N-dealkylation sites (N-methyl/N-ethyl adjacent to an activating group) is 1. The Morgan fingerprint density at radius 3 is 3.10 bits per heavy atom. The molecule has 1 aromatic rings. The minimum absolute atomic E-state index is 0.312. The van der Waals surface area contributed by atoms with Crippen molar-refractivity contribution in [1.82, 2.24) is 19.8 Å². The minimum Gasteiger partial charge on any atom is -0.465 e. The number of carboxylic acid groups (broad SMARTS) is 1. The van der Waals surface area contributed by atoms with Crippen molar-refractivity contribution in [2.75, 3.05) is 26.7 Å². The van der Waals surface area contributed by atoms with Gasteiger partial charge in [-0.3, -0.25) is 0 Å². The highest BCUT2D eigenvalue weighted by Gasteiger charge is 2.24. The molecule has 2 aliphatic heterocycles. The van der Waals surface area contributed by atoms with Crippen LogP contribution in [0.2, 0.25) is 0 Å². The highest BCUT2D eigenvalue weighted by molar-refractivity contribution is 5.65. The lowest BCUT2D eigenvalue weighted by atomic mass is 10.1. The van der Waals surface area contributed by atoms with Gasteiger partial charge in [0.1, 0.15) is 6.61 Å². The average molecular weight is 292 g/mol. The number of rotatable bonds is 3. The largest absolute Gasteiger partial charge is 0.465 e. The van der Waals surface area contributed by atoms with Gasteiger partial charge in [-0.1, -0.05) is 0 Å². The summed E-state index contributed by atoms with van der Waals surface area (Å²) in [7, 11) is 2.10. The van der Waals surface area contributed by atoms with Crippen molar-refractivity contribution in [3.8, 4) is 6.01 Å². The second-order valence-corrected chi connectivity index (χ2v) is 5.67. The maximum absolute atomic E-state index is 11.0. The Kier molecular flexibility index (Phi) is 3.92. The van der Waals surface area contributed by atoms with Gasteiger partial charge in [-0.15, -0.1) is 0 Å². The van der Waals surface area contributed by atoms with Crippen LogP contribution in [-0.4, -0.2) is 63.8 Å². The highest BCUT2D eigenvalue weighted by atomic mass is 16.5. The fraction of sp³-hybridized carbons (Fsp3) is 0.643. The van der Waals surface area contributed by atoms with Crippen LogP contribution in [-0.2, 0) is 13.0 Å². The van der Waals surface area contributed by atoms with Crippen LogP contribution >= 0.6 is 0 Å². The molecule has 7 heteroatoms. The lowest BCUT2D eigenvalue weighted by Crippen LogP contribution is -2.35. The molecule has 1 atom stereocenters. The molecule has 0 unspecified atom stereocenters. The molecule has 0 radical (unpaired) electrons. The number of ether oxygens (including phenoxy) is 1. The first kappa shape index (κ1) is 14.1. The fourth-order valence-electron chi connectivity index (χ4n) is 2.88. The number of carbonyl (C=O) groups is 1. The number of hydrogen-bond donors (Lipinski definition) is 1. The van der Waals surface area contributed by atoms with Gasteiger partial charge in [0.25, 0.3) is 0 Å². The Hall–Kier alpha value is -1.89. The van der Waals surface area contributed by atoms with Gasteiger partial charge in [0.2, 0.25) is 0 Å². The zero-order valence-electron chi connectivity index (χ0n) is 12.2. The summed E-state index contributed by atoms with van der Waals surface area (Å²) in [6, 6.07) is 0.765. The molecular formula is C14H20N4O3. The normalized spacial score (nSPS) is 22.1. The lowest BCUT2D eigenvalue weighted by Gasteiger charge is -2.25. The average Bonchev–Trinajstić information content (AvgIpc) is 2.89. The van der Waals surface area contributed by atoms with E-state index < -0.39 is 6.09 Å².